The van der Waals surface area contributed by atoms with Gasteiger partial charge in [-0.15, -0.1) is 10.2 Å². The molecule has 0 radical (unpaired) electrons. The fraction of sp³-hybridized carbons (Fsp3) is 0.0476. The van der Waals surface area contributed by atoms with Gasteiger partial charge in [-0.3, -0.25) is 0 Å². The van der Waals surface area contributed by atoms with E-state index in [1.165, 1.54) is 12.1 Å². The van der Waals surface area contributed by atoms with Gasteiger partial charge in [0.25, 0.3) is 0 Å². The highest BCUT2D eigenvalue weighted by Gasteiger charge is 2.07. The van der Waals surface area contributed by atoms with Gasteiger partial charge in [-0.05, 0) is 55.5 Å². The largest absolute Gasteiger partial charge is 0.438 e. The van der Waals surface area contributed by atoms with Gasteiger partial charge in [0, 0.05) is 18.0 Å². The summed E-state index contributed by atoms with van der Waals surface area (Å²) in [5.74, 6) is 0.912. The summed E-state index contributed by atoms with van der Waals surface area (Å²) in [6.07, 6.45) is 1.80. The molecule has 0 aliphatic heterocycles. The van der Waals surface area contributed by atoms with Gasteiger partial charge in [-0.25, -0.2) is 13.9 Å². The molecule has 0 aliphatic rings. The Bertz CT molecular complexity index is 1160. The number of aromatic nitrogens is 4. The molecule has 0 aliphatic carbocycles. The number of amides is 2. The monoisotopic (exact) mass is 404 g/mol. The molecule has 9 heteroatoms. The summed E-state index contributed by atoms with van der Waals surface area (Å²) in [5, 5.41) is 17.5. The van der Waals surface area contributed by atoms with Crippen LogP contribution in [0.25, 0.3) is 5.82 Å². The highest BCUT2D eigenvalue weighted by molar-refractivity contribution is 5.99. The first kappa shape index (κ1) is 19.1. The van der Waals surface area contributed by atoms with E-state index in [1.54, 1.807) is 59.4 Å². The van der Waals surface area contributed by atoms with Crippen molar-refractivity contribution in [3.05, 3.63) is 84.4 Å². The van der Waals surface area contributed by atoms with Crippen LogP contribution in [-0.2, 0) is 0 Å². The number of halogens is 1. The van der Waals surface area contributed by atoms with Crippen molar-refractivity contribution < 1.29 is 13.9 Å². The molecule has 4 rings (SSSR count). The van der Waals surface area contributed by atoms with Crippen LogP contribution in [0.1, 0.15) is 5.69 Å². The SMILES string of the molecule is Cc1ccn(-c2ccc(Oc3ccc(NC(=O)Nc4ccccc4F)cc3)nn2)n1. The van der Waals surface area contributed by atoms with E-state index in [4.69, 9.17) is 4.74 Å². The number of carbonyl (C=O) groups excluding carboxylic acids is 1. The van der Waals surface area contributed by atoms with Crippen LogP contribution in [0.3, 0.4) is 0 Å². The second-order valence-electron chi connectivity index (χ2n) is 6.32. The third-order valence-electron chi connectivity index (χ3n) is 4.04. The molecule has 150 valence electrons. The van der Waals surface area contributed by atoms with E-state index in [9.17, 15) is 9.18 Å². The highest BCUT2D eigenvalue weighted by atomic mass is 19.1. The number of aryl methyl sites for hydroxylation is 1. The summed E-state index contributed by atoms with van der Waals surface area (Å²) in [7, 11) is 0. The molecule has 2 aromatic carbocycles. The number of ether oxygens (including phenoxy) is 1. The number of urea groups is 1. The Balaban J connectivity index is 1.35. The third kappa shape index (κ3) is 4.58. The zero-order chi connectivity index (χ0) is 20.9. The standard InChI is InChI=1S/C21H17FN6O2/c1-14-12-13-28(27-14)19-10-11-20(26-25-19)30-16-8-6-15(7-9-16)23-21(29)24-18-5-3-2-4-17(18)22/h2-13H,1H3,(H2,23,24,29). The lowest BCUT2D eigenvalue weighted by Crippen LogP contribution is -2.20. The maximum Gasteiger partial charge on any atom is 0.323 e. The van der Waals surface area contributed by atoms with Crippen molar-refractivity contribution in [2.24, 2.45) is 0 Å². The zero-order valence-electron chi connectivity index (χ0n) is 15.9. The molecular formula is C21H17FN6O2. The summed E-state index contributed by atoms with van der Waals surface area (Å²) in [6.45, 7) is 1.89. The minimum absolute atomic E-state index is 0.0993. The molecule has 0 saturated heterocycles. The summed E-state index contributed by atoms with van der Waals surface area (Å²) in [6, 6.07) is 17.3. The van der Waals surface area contributed by atoms with Crippen molar-refractivity contribution in [3.8, 4) is 17.4 Å². The van der Waals surface area contributed by atoms with Crippen LogP contribution >= 0.6 is 0 Å². The van der Waals surface area contributed by atoms with Gasteiger partial charge in [-0.1, -0.05) is 12.1 Å². The van der Waals surface area contributed by atoms with Crippen molar-refractivity contribution in [3.63, 3.8) is 0 Å². The smallest absolute Gasteiger partial charge is 0.323 e. The van der Waals surface area contributed by atoms with Gasteiger partial charge in [0.15, 0.2) is 5.82 Å². The fourth-order valence-electron chi connectivity index (χ4n) is 2.61. The van der Waals surface area contributed by atoms with Crippen LogP contribution in [0.5, 0.6) is 11.6 Å². The van der Waals surface area contributed by atoms with Gasteiger partial charge < -0.3 is 15.4 Å². The molecule has 2 aromatic heterocycles. The van der Waals surface area contributed by atoms with Crippen LogP contribution in [0.15, 0.2) is 72.9 Å². The molecule has 0 unspecified atom stereocenters. The van der Waals surface area contributed by atoms with Crippen LogP contribution in [0, 0.1) is 12.7 Å². The van der Waals surface area contributed by atoms with E-state index in [1.807, 2.05) is 13.0 Å². The zero-order valence-corrected chi connectivity index (χ0v) is 15.9. The molecule has 2 amide bonds. The topological polar surface area (TPSA) is 94.0 Å². The average Bonchev–Trinajstić information content (AvgIpc) is 3.18. The molecule has 30 heavy (non-hydrogen) atoms. The Morgan fingerprint density at radius 1 is 0.967 bits per heavy atom. The van der Waals surface area contributed by atoms with E-state index < -0.39 is 11.8 Å². The lowest BCUT2D eigenvalue weighted by molar-refractivity contribution is 0.262. The van der Waals surface area contributed by atoms with Crippen molar-refractivity contribution >= 4 is 17.4 Å². The van der Waals surface area contributed by atoms with Gasteiger partial charge in [0.1, 0.15) is 11.6 Å². The fourth-order valence-corrected chi connectivity index (χ4v) is 2.61. The number of carbonyl (C=O) groups is 1. The molecule has 0 bridgehead atoms. The van der Waals surface area contributed by atoms with Crippen LogP contribution in [0.2, 0.25) is 0 Å². The van der Waals surface area contributed by atoms with E-state index in [0.29, 0.717) is 23.1 Å². The number of nitrogens with zero attached hydrogens (tertiary/aromatic N) is 4. The Morgan fingerprint density at radius 3 is 2.43 bits per heavy atom. The highest BCUT2D eigenvalue weighted by Crippen LogP contribution is 2.22. The second-order valence-corrected chi connectivity index (χ2v) is 6.32. The molecule has 8 nitrogen and oxygen atoms in total. The Labute approximate surface area is 171 Å². The lowest BCUT2D eigenvalue weighted by atomic mass is 10.3. The first-order chi connectivity index (χ1) is 14.6. The second kappa shape index (κ2) is 8.39. The van der Waals surface area contributed by atoms with E-state index in [0.717, 1.165) is 5.69 Å². The van der Waals surface area contributed by atoms with E-state index in [2.05, 4.69) is 25.9 Å². The van der Waals surface area contributed by atoms with Crippen molar-refractivity contribution in [2.75, 3.05) is 10.6 Å². The van der Waals surface area contributed by atoms with E-state index >= 15 is 0 Å². The number of benzene rings is 2. The maximum absolute atomic E-state index is 13.6. The number of hydrogen-bond acceptors (Lipinski definition) is 5. The first-order valence-electron chi connectivity index (χ1n) is 9.04. The molecule has 4 aromatic rings. The van der Waals surface area contributed by atoms with Crippen molar-refractivity contribution in [1.82, 2.24) is 20.0 Å². The predicted molar refractivity (Wildman–Crippen MR) is 109 cm³/mol. The normalized spacial score (nSPS) is 10.5. The number of anilines is 2. The first-order valence-corrected chi connectivity index (χ1v) is 9.04. The van der Waals surface area contributed by atoms with Crippen molar-refractivity contribution in [1.29, 1.82) is 0 Å². The Hall–Kier alpha value is -4.27. The molecule has 2 heterocycles. The molecule has 0 atom stereocenters. The summed E-state index contributed by atoms with van der Waals surface area (Å²) in [5.41, 5.74) is 1.50. The summed E-state index contributed by atoms with van der Waals surface area (Å²) >= 11 is 0. The van der Waals surface area contributed by atoms with Crippen LogP contribution in [-0.4, -0.2) is 26.0 Å². The van der Waals surface area contributed by atoms with Gasteiger partial charge >= 0.3 is 6.03 Å². The number of para-hydroxylation sites is 1. The number of rotatable bonds is 5. The Kier molecular flexibility index (Phi) is 5.33. The number of hydrogen-bond donors (Lipinski definition) is 2. The maximum atomic E-state index is 13.6. The summed E-state index contributed by atoms with van der Waals surface area (Å²) in [4.78, 5) is 12.0. The molecule has 0 spiro atoms. The molecular weight excluding hydrogens is 387 g/mol. The Morgan fingerprint density at radius 2 is 1.77 bits per heavy atom. The predicted octanol–water partition coefficient (Wildman–Crippen LogP) is 4.55. The average molecular weight is 404 g/mol. The van der Waals surface area contributed by atoms with Gasteiger partial charge in [0.2, 0.25) is 5.88 Å². The minimum atomic E-state index is -0.552. The quantitative estimate of drug-likeness (QED) is 0.509. The summed E-state index contributed by atoms with van der Waals surface area (Å²) < 4.78 is 20.9. The molecule has 2 N–H and O–H groups in total. The van der Waals surface area contributed by atoms with E-state index in [-0.39, 0.29) is 5.69 Å². The van der Waals surface area contributed by atoms with Gasteiger partial charge in [-0.2, -0.15) is 5.10 Å². The third-order valence-corrected chi connectivity index (χ3v) is 4.04. The molecule has 0 saturated carbocycles. The molecule has 0 fully saturated rings. The lowest BCUT2D eigenvalue weighted by Gasteiger charge is -2.09. The van der Waals surface area contributed by atoms with Crippen LogP contribution in [0.4, 0.5) is 20.6 Å². The van der Waals surface area contributed by atoms with Crippen molar-refractivity contribution in [2.45, 2.75) is 6.92 Å². The minimum Gasteiger partial charge on any atom is -0.438 e. The van der Waals surface area contributed by atoms with Gasteiger partial charge in [0.05, 0.1) is 11.4 Å². The van der Waals surface area contributed by atoms with Crippen LogP contribution < -0.4 is 15.4 Å². The number of nitrogens with one attached hydrogen (secondary N) is 2.